The number of hydrogen-bond donors (Lipinski definition) is 2. The summed E-state index contributed by atoms with van der Waals surface area (Å²) in [5.41, 5.74) is 1.06. The van der Waals surface area contributed by atoms with Crippen molar-refractivity contribution >= 4 is 29.2 Å². The van der Waals surface area contributed by atoms with Gasteiger partial charge in [-0.15, -0.1) is 6.58 Å². The van der Waals surface area contributed by atoms with E-state index < -0.39 is 0 Å². The molecule has 18 heavy (non-hydrogen) atoms. The van der Waals surface area contributed by atoms with E-state index in [-0.39, 0.29) is 0 Å². The molecule has 98 valence electrons. The lowest BCUT2D eigenvalue weighted by molar-refractivity contribution is 0.822. The van der Waals surface area contributed by atoms with E-state index in [0.29, 0.717) is 16.6 Å². The molecule has 3 nitrogen and oxygen atoms in total. The van der Waals surface area contributed by atoms with Crippen LogP contribution in [0.15, 0.2) is 35.8 Å². The molecule has 0 aliphatic rings. The topological polar surface area (TPSA) is 36.4 Å². The van der Waals surface area contributed by atoms with Crippen molar-refractivity contribution in [3.63, 3.8) is 0 Å². The van der Waals surface area contributed by atoms with Crippen LogP contribution in [0.25, 0.3) is 0 Å². The third-order valence-electron chi connectivity index (χ3n) is 2.34. The second-order valence-electron chi connectivity index (χ2n) is 3.65. The highest BCUT2D eigenvalue weighted by Crippen LogP contribution is 2.20. The van der Waals surface area contributed by atoms with Crippen LogP contribution in [0.5, 0.6) is 0 Å². The monoisotopic (exact) mass is 285 g/mol. The molecule has 5 heteroatoms. The molecule has 0 saturated carbocycles. The SMILES string of the molecule is C=CCNC(=NC)NCCc1ccc(Cl)cc1Cl. The minimum atomic E-state index is 0.653. The van der Waals surface area contributed by atoms with Gasteiger partial charge in [-0.05, 0) is 24.1 Å². The first-order chi connectivity index (χ1) is 8.67. The van der Waals surface area contributed by atoms with Crippen LogP contribution in [-0.4, -0.2) is 26.1 Å². The predicted octanol–water partition coefficient (Wildman–Crippen LogP) is 2.89. The van der Waals surface area contributed by atoms with Gasteiger partial charge in [0.1, 0.15) is 0 Å². The highest BCUT2D eigenvalue weighted by atomic mass is 35.5. The van der Waals surface area contributed by atoms with Crippen LogP contribution in [-0.2, 0) is 6.42 Å². The Morgan fingerprint density at radius 3 is 2.78 bits per heavy atom. The first-order valence-electron chi connectivity index (χ1n) is 5.66. The third kappa shape index (κ3) is 4.98. The Balaban J connectivity index is 2.43. The number of benzene rings is 1. The maximum Gasteiger partial charge on any atom is 0.191 e. The van der Waals surface area contributed by atoms with Crippen molar-refractivity contribution in [1.29, 1.82) is 0 Å². The summed E-state index contributed by atoms with van der Waals surface area (Å²) >= 11 is 11.9. The van der Waals surface area contributed by atoms with E-state index in [1.165, 1.54) is 0 Å². The Hall–Kier alpha value is -1.19. The molecule has 0 bridgehead atoms. The molecule has 0 aliphatic heterocycles. The van der Waals surface area contributed by atoms with Crippen molar-refractivity contribution in [1.82, 2.24) is 10.6 Å². The number of hydrogen-bond acceptors (Lipinski definition) is 1. The van der Waals surface area contributed by atoms with E-state index in [4.69, 9.17) is 23.2 Å². The first-order valence-corrected chi connectivity index (χ1v) is 6.42. The molecule has 0 atom stereocenters. The Labute approximate surface area is 118 Å². The van der Waals surface area contributed by atoms with Crippen molar-refractivity contribution in [2.45, 2.75) is 6.42 Å². The molecule has 0 heterocycles. The fourth-order valence-electron chi connectivity index (χ4n) is 1.43. The Kier molecular flexibility index (Phi) is 6.61. The average Bonchev–Trinajstić information content (AvgIpc) is 2.36. The molecule has 0 unspecified atom stereocenters. The number of nitrogens with one attached hydrogen (secondary N) is 2. The van der Waals surface area contributed by atoms with Crippen LogP contribution < -0.4 is 10.6 Å². The van der Waals surface area contributed by atoms with Gasteiger partial charge < -0.3 is 10.6 Å². The number of nitrogens with zero attached hydrogens (tertiary/aromatic N) is 1. The summed E-state index contributed by atoms with van der Waals surface area (Å²) in [6.07, 6.45) is 2.59. The van der Waals surface area contributed by atoms with Gasteiger partial charge in [-0.2, -0.15) is 0 Å². The van der Waals surface area contributed by atoms with Crippen molar-refractivity contribution in [2.75, 3.05) is 20.1 Å². The molecule has 1 aromatic carbocycles. The molecule has 0 amide bonds. The van der Waals surface area contributed by atoms with E-state index in [0.717, 1.165) is 24.5 Å². The highest BCUT2D eigenvalue weighted by molar-refractivity contribution is 6.35. The van der Waals surface area contributed by atoms with Crippen LogP contribution >= 0.6 is 23.2 Å². The summed E-state index contributed by atoms with van der Waals surface area (Å²) < 4.78 is 0. The van der Waals surface area contributed by atoms with E-state index in [1.807, 2.05) is 12.1 Å². The largest absolute Gasteiger partial charge is 0.356 e. The Bertz CT molecular complexity index is 430. The van der Waals surface area contributed by atoms with Crippen molar-refractivity contribution in [2.24, 2.45) is 4.99 Å². The molecular formula is C13H17Cl2N3. The third-order valence-corrected chi connectivity index (χ3v) is 2.93. The molecule has 0 fully saturated rings. The molecule has 1 rings (SSSR count). The van der Waals surface area contributed by atoms with E-state index in [2.05, 4.69) is 22.2 Å². The summed E-state index contributed by atoms with van der Waals surface area (Å²) in [7, 11) is 1.73. The number of guanidine groups is 1. The van der Waals surface area contributed by atoms with Gasteiger partial charge in [-0.3, -0.25) is 4.99 Å². The lowest BCUT2D eigenvalue weighted by Crippen LogP contribution is -2.38. The van der Waals surface area contributed by atoms with Crippen molar-refractivity contribution in [3.8, 4) is 0 Å². The van der Waals surface area contributed by atoms with Crippen molar-refractivity contribution in [3.05, 3.63) is 46.5 Å². The zero-order valence-corrected chi connectivity index (χ0v) is 11.9. The first kappa shape index (κ1) is 14.9. The summed E-state index contributed by atoms with van der Waals surface area (Å²) in [4.78, 5) is 4.09. The molecule has 0 saturated heterocycles. The average molecular weight is 286 g/mol. The van der Waals surface area contributed by atoms with E-state index in [9.17, 15) is 0 Å². The molecule has 0 radical (unpaired) electrons. The Morgan fingerprint density at radius 2 is 2.17 bits per heavy atom. The van der Waals surface area contributed by atoms with Crippen LogP contribution in [0.4, 0.5) is 0 Å². The lowest BCUT2D eigenvalue weighted by Gasteiger charge is -2.11. The van der Waals surface area contributed by atoms with Gasteiger partial charge in [0.25, 0.3) is 0 Å². The number of aliphatic imine (C=N–C) groups is 1. The minimum Gasteiger partial charge on any atom is -0.356 e. The van der Waals surface area contributed by atoms with Gasteiger partial charge in [0.2, 0.25) is 0 Å². The molecule has 0 spiro atoms. The maximum absolute atomic E-state index is 6.09. The fraction of sp³-hybridized carbons (Fsp3) is 0.308. The van der Waals surface area contributed by atoms with E-state index >= 15 is 0 Å². The van der Waals surface area contributed by atoms with Crippen LogP contribution in [0.2, 0.25) is 10.0 Å². The second-order valence-corrected chi connectivity index (χ2v) is 4.50. The molecule has 1 aromatic rings. The summed E-state index contributed by atoms with van der Waals surface area (Å²) in [5.74, 6) is 0.750. The van der Waals surface area contributed by atoms with Gasteiger partial charge in [0, 0.05) is 30.2 Å². The highest BCUT2D eigenvalue weighted by Gasteiger charge is 2.01. The standard InChI is InChI=1S/C13H17Cl2N3/c1-3-7-17-13(16-2)18-8-6-10-4-5-11(14)9-12(10)15/h3-5,9H,1,6-8H2,2H3,(H2,16,17,18). The number of rotatable bonds is 5. The smallest absolute Gasteiger partial charge is 0.191 e. The second kappa shape index (κ2) is 8.01. The van der Waals surface area contributed by atoms with Gasteiger partial charge in [0.05, 0.1) is 0 Å². The fourth-order valence-corrected chi connectivity index (χ4v) is 1.93. The predicted molar refractivity (Wildman–Crippen MR) is 79.7 cm³/mol. The van der Waals surface area contributed by atoms with Gasteiger partial charge in [-0.25, -0.2) is 0 Å². The van der Waals surface area contributed by atoms with Gasteiger partial charge in [-0.1, -0.05) is 35.3 Å². The van der Waals surface area contributed by atoms with Gasteiger partial charge >= 0.3 is 0 Å². The molecule has 0 aromatic heterocycles. The normalized spacial score (nSPS) is 11.2. The molecule has 2 N–H and O–H groups in total. The molecule has 0 aliphatic carbocycles. The van der Waals surface area contributed by atoms with Crippen molar-refractivity contribution < 1.29 is 0 Å². The summed E-state index contributed by atoms with van der Waals surface area (Å²) in [6.45, 7) is 5.07. The van der Waals surface area contributed by atoms with Crippen LogP contribution in [0, 0.1) is 0 Å². The summed E-state index contributed by atoms with van der Waals surface area (Å²) in [6, 6.07) is 5.53. The van der Waals surface area contributed by atoms with E-state index in [1.54, 1.807) is 19.2 Å². The minimum absolute atomic E-state index is 0.653. The van der Waals surface area contributed by atoms with Crippen LogP contribution in [0.3, 0.4) is 0 Å². The maximum atomic E-state index is 6.09. The zero-order valence-electron chi connectivity index (χ0n) is 10.3. The zero-order chi connectivity index (χ0) is 13.4. The molecular weight excluding hydrogens is 269 g/mol. The Morgan fingerprint density at radius 1 is 1.39 bits per heavy atom. The van der Waals surface area contributed by atoms with Crippen LogP contribution in [0.1, 0.15) is 5.56 Å². The lowest BCUT2D eigenvalue weighted by atomic mass is 10.1. The quantitative estimate of drug-likeness (QED) is 0.496. The summed E-state index contributed by atoms with van der Waals surface area (Å²) in [5, 5.41) is 7.64. The number of halogens is 2. The van der Waals surface area contributed by atoms with Gasteiger partial charge in [0.15, 0.2) is 5.96 Å².